The lowest BCUT2D eigenvalue weighted by atomic mass is 10.2. The molecule has 1 saturated heterocycles. The van der Waals surface area contributed by atoms with E-state index in [1.165, 1.54) is 0 Å². The van der Waals surface area contributed by atoms with E-state index in [9.17, 15) is 8.42 Å². The first kappa shape index (κ1) is 13.4. The van der Waals surface area contributed by atoms with Crippen molar-refractivity contribution in [3.63, 3.8) is 0 Å². The van der Waals surface area contributed by atoms with Crippen LogP contribution in [0.5, 0.6) is 0 Å². The largest absolute Gasteiger partial charge is 0.394 e. The second kappa shape index (κ2) is 4.55. The zero-order valence-electron chi connectivity index (χ0n) is 10.2. The van der Waals surface area contributed by atoms with Gasteiger partial charge in [-0.25, -0.2) is 13.4 Å². The van der Waals surface area contributed by atoms with Gasteiger partial charge in [0, 0.05) is 12.6 Å². The second-order valence-electron chi connectivity index (χ2n) is 4.47. The monoisotopic (exact) mass is 290 g/mol. The number of anilines is 2. The van der Waals surface area contributed by atoms with Crippen molar-refractivity contribution in [3.8, 4) is 0 Å². The molecule has 1 atom stereocenters. The first-order valence-corrected chi connectivity index (χ1v) is 7.77. The molecule has 2 heterocycles. The second-order valence-corrected chi connectivity index (χ2v) is 7.04. The molecule has 0 aromatic carbocycles. The summed E-state index contributed by atoms with van der Waals surface area (Å²) in [6.07, 6.45) is 0. The van der Waals surface area contributed by atoms with Gasteiger partial charge in [-0.1, -0.05) is 0 Å². The zero-order valence-corrected chi connectivity index (χ0v) is 11.8. The highest BCUT2D eigenvalue weighted by atomic mass is 35.5. The quantitative estimate of drug-likeness (QED) is 0.764. The van der Waals surface area contributed by atoms with E-state index < -0.39 is 9.84 Å². The van der Waals surface area contributed by atoms with E-state index in [0.717, 1.165) is 0 Å². The zero-order chi connectivity index (χ0) is 13.5. The summed E-state index contributed by atoms with van der Waals surface area (Å²) >= 11 is 5.82. The Hall–Kier alpha value is -1.08. The predicted molar refractivity (Wildman–Crippen MR) is 71.7 cm³/mol. The summed E-state index contributed by atoms with van der Waals surface area (Å²) in [6.45, 7) is 3.96. The molecule has 1 aromatic rings. The molecule has 1 unspecified atom stereocenters. The van der Waals surface area contributed by atoms with Gasteiger partial charge in [0.1, 0.15) is 0 Å². The summed E-state index contributed by atoms with van der Waals surface area (Å²) in [5, 5.41) is 0.123. The van der Waals surface area contributed by atoms with Gasteiger partial charge in [0.05, 0.1) is 22.9 Å². The Balaban J connectivity index is 2.38. The van der Waals surface area contributed by atoms with Gasteiger partial charge in [0.2, 0.25) is 5.28 Å². The molecular formula is C10H15ClN4O2S. The van der Waals surface area contributed by atoms with Crippen LogP contribution in [0.2, 0.25) is 5.28 Å². The molecule has 1 aliphatic rings. The molecule has 0 saturated carbocycles. The highest BCUT2D eigenvalue weighted by Crippen LogP contribution is 2.28. The number of aryl methyl sites for hydroxylation is 1. The average molecular weight is 291 g/mol. The lowest BCUT2D eigenvalue weighted by Crippen LogP contribution is -2.47. The molecule has 18 heavy (non-hydrogen) atoms. The molecule has 6 nitrogen and oxygen atoms in total. The van der Waals surface area contributed by atoms with Crippen molar-refractivity contribution >= 4 is 32.9 Å². The molecule has 1 aromatic heterocycles. The first-order valence-electron chi connectivity index (χ1n) is 5.57. The molecule has 100 valence electrons. The van der Waals surface area contributed by atoms with E-state index in [4.69, 9.17) is 17.3 Å². The molecular weight excluding hydrogens is 276 g/mol. The summed E-state index contributed by atoms with van der Waals surface area (Å²) in [7, 11) is -2.96. The van der Waals surface area contributed by atoms with Crippen LogP contribution in [-0.2, 0) is 9.84 Å². The number of nitrogens with zero attached hydrogens (tertiary/aromatic N) is 3. The maximum absolute atomic E-state index is 11.5. The number of nitrogens with two attached hydrogens (primary N) is 1. The van der Waals surface area contributed by atoms with Gasteiger partial charge in [-0.15, -0.1) is 0 Å². The minimum absolute atomic E-state index is 0.104. The summed E-state index contributed by atoms with van der Waals surface area (Å²) in [4.78, 5) is 9.95. The van der Waals surface area contributed by atoms with Gasteiger partial charge in [-0.05, 0) is 25.4 Å². The van der Waals surface area contributed by atoms with Gasteiger partial charge >= 0.3 is 0 Å². The van der Waals surface area contributed by atoms with Crippen LogP contribution in [0.15, 0.2) is 0 Å². The Kier molecular flexibility index (Phi) is 3.37. The highest BCUT2D eigenvalue weighted by molar-refractivity contribution is 7.91. The summed E-state index contributed by atoms with van der Waals surface area (Å²) in [5.74, 6) is 0.736. The SMILES string of the molecule is Cc1nc(Cl)nc(N2CCS(=O)(=O)CC2C)c1N. The topological polar surface area (TPSA) is 89.2 Å². The van der Waals surface area contributed by atoms with Crippen LogP contribution in [0.4, 0.5) is 11.5 Å². The summed E-state index contributed by atoms with van der Waals surface area (Å²) < 4.78 is 23.1. The smallest absolute Gasteiger partial charge is 0.224 e. The minimum Gasteiger partial charge on any atom is -0.394 e. The molecule has 0 bridgehead atoms. The number of nitrogen functional groups attached to an aromatic ring is 1. The summed E-state index contributed by atoms with van der Waals surface area (Å²) in [5.41, 5.74) is 6.99. The summed E-state index contributed by atoms with van der Waals surface area (Å²) in [6, 6.07) is -0.170. The minimum atomic E-state index is -2.96. The number of rotatable bonds is 1. The van der Waals surface area contributed by atoms with E-state index in [1.54, 1.807) is 6.92 Å². The van der Waals surface area contributed by atoms with Gasteiger partial charge in [0.25, 0.3) is 0 Å². The van der Waals surface area contributed by atoms with Gasteiger partial charge in [-0.3, -0.25) is 0 Å². The number of hydrogen-bond acceptors (Lipinski definition) is 6. The van der Waals surface area contributed by atoms with Crippen molar-refractivity contribution < 1.29 is 8.42 Å². The maximum Gasteiger partial charge on any atom is 0.224 e. The number of sulfone groups is 1. The fraction of sp³-hybridized carbons (Fsp3) is 0.600. The number of aromatic nitrogens is 2. The van der Waals surface area contributed by atoms with Crippen molar-refractivity contribution in [3.05, 3.63) is 11.0 Å². The Morgan fingerprint density at radius 1 is 1.44 bits per heavy atom. The molecule has 1 fully saturated rings. The number of halogens is 1. The van der Waals surface area contributed by atoms with Crippen molar-refractivity contribution in [1.29, 1.82) is 0 Å². The fourth-order valence-electron chi connectivity index (χ4n) is 2.07. The lowest BCUT2D eigenvalue weighted by molar-refractivity contribution is 0.567. The average Bonchev–Trinajstić information content (AvgIpc) is 2.23. The first-order chi connectivity index (χ1) is 8.30. The fourth-order valence-corrected chi connectivity index (χ4v) is 3.83. The molecule has 1 aliphatic heterocycles. The molecule has 0 spiro atoms. The standard InChI is InChI=1S/C10H15ClN4O2S/c1-6-5-18(16,17)4-3-15(6)9-8(12)7(2)13-10(11)14-9/h6H,3-5,12H2,1-2H3. The third kappa shape index (κ3) is 2.51. The van der Waals surface area contributed by atoms with Crippen molar-refractivity contribution in [1.82, 2.24) is 9.97 Å². The van der Waals surface area contributed by atoms with Crippen LogP contribution in [0.25, 0.3) is 0 Å². The molecule has 0 amide bonds. The Morgan fingerprint density at radius 2 is 2.11 bits per heavy atom. The van der Waals surface area contributed by atoms with Gasteiger partial charge in [-0.2, -0.15) is 4.98 Å². The third-order valence-electron chi connectivity index (χ3n) is 3.03. The van der Waals surface area contributed by atoms with E-state index in [0.29, 0.717) is 23.7 Å². The maximum atomic E-state index is 11.5. The van der Waals surface area contributed by atoms with Crippen LogP contribution in [0.3, 0.4) is 0 Å². The van der Waals surface area contributed by atoms with Crippen molar-refractivity contribution in [2.75, 3.05) is 28.7 Å². The molecule has 2 N–H and O–H groups in total. The van der Waals surface area contributed by atoms with E-state index in [-0.39, 0.29) is 22.8 Å². The van der Waals surface area contributed by atoms with Crippen LogP contribution in [0, 0.1) is 6.92 Å². The highest BCUT2D eigenvalue weighted by Gasteiger charge is 2.30. The van der Waals surface area contributed by atoms with Crippen molar-refractivity contribution in [2.24, 2.45) is 0 Å². The Bertz CT molecular complexity index is 575. The van der Waals surface area contributed by atoms with E-state index in [1.807, 2.05) is 11.8 Å². The Morgan fingerprint density at radius 3 is 2.72 bits per heavy atom. The van der Waals surface area contributed by atoms with Crippen LogP contribution in [0.1, 0.15) is 12.6 Å². The van der Waals surface area contributed by atoms with E-state index >= 15 is 0 Å². The third-order valence-corrected chi connectivity index (χ3v) is 5.00. The van der Waals surface area contributed by atoms with Crippen LogP contribution >= 0.6 is 11.6 Å². The Labute approximate surface area is 111 Å². The van der Waals surface area contributed by atoms with Crippen molar-refractivity contribution in [2.45, 2.75) is 19.9 Å². The van der Waals surface area contributed by atoms with Gasteiger partial charge < -0.3 is 10.6 Å². The predicted octanol–water partition coefficient (Wildman–Crippen LogP) is 0.644. The lowest BCUT2D eigenvalue weighted by Gasteiger charge is -2.34. The van der Waals surface area contributed by atoms with Crippen LogP contribution < -0.4 is 10.6 Å². The molecule has 2 rings (SSSR count). The normalized spacial score (nSPS) is 23.1. The van der Waals surface area contributed by atoms with Crippen LogP contribution in [-0.4, -0.2) is 42.5 Å². The number of hydrogen-bond donors (Lipinski definition) is 1. The van der Waals surface area contributed by atoms with Gasteiger partial charge in [0.15, 0.2) is 15.7 Å². The molecule has 8 heteroatoms. The van der Waals surface area contributed by atoms with E-state index in [2.05, 4.69) is 9.97 Å². The molecule has 0 radical (unpaired) electrons. The molecule has 0 aliphatic carbocycles.